The zero-order chi connectivity index (χ0) is 14.8. The van der Waals surface area contributed by atoms with Crippen LogP contribution in [0.1, 0.15) is 5.56 Å². The van der Waals surface area contributed by atoms with Gasteiger partial charge in [0.25, 0.3) is 0 Å². The van der Waals surface area contributed by atoms with Crippen molar-refractivity contribution in [3.63, 3.8) is 0 Å². The molecule has 8 heteroatoms. The maximum Gasteiger partial charge on any atom is 0.417 e. The summed E-state index contributed by atoms with van der Waals surface area (Å²) in [5.74, 6) is 0.781. The van der Waals surface area contributed by atoms with Crippen LogP contribution in [-0.2, 0) is 6.18 Å². The van der Waals surface area contributed by atoms with E-state index in [1.807, 2.05) is 0 Å². The minimum absolute atomic E-state index is 0.00542. The van der Waals surface area contributed by atoms with E-state index in [9.17, 15) is 13.2 Å². The Balaban J connectivity index is 2.30. The summed E-state index contributed by atoms with van der Waals surface area (Å²) >= 11 is 2.89. The van der Waals surface area contributed by atoms with Crippen molar-refractivity contribution >= 4 is 33.4 Å². The molecule has 1 aromatic heterocycles. The van der Waals surface area contributed by atoms with Crippen molar-refractivity contribution in [2.45, 2.75) is 6.18 Å². The highest BCUT2D eigenvalue weighted by Crippen LogP contribution is 2.36. The highest BCUT2D eigenvalue weighted by molar-refractivity contribution is 9.10. The minimum Gasteiger partial charge on any atom is -0.357 e. The number of anilines is 3. The van der Waals surface area contributed by atoms with Crippen molar-refractivity contribution in [3.05, 3.63) is 40.5 Å². The molecule has 0 radical (unpaired) electrons. The quantitative estimate of drug-likeness (QED) is 0.880. The van der Waals surface area contributed by atoms with E-state index in [2.05, 4.69) is 36.5 Å². The van der Waals surface area contributed by atoms with Gasteiger partial charge in [0.15, 0.2) is 0 Å². The Morgan fingerprint density at radius 1 is 1.20 bits per heavy atom. The fourth-order valence-electron chi connectivity index (χ4n) is 1.52. The molecular formula is C12H10BrF3N4. The Hall–Kier alpha value is -1.83. The Kier molecular flexibility index (Phi) is 4.12. The molecule has 2 N–H and O–H groups in total. The van der Waals surface area contributed by atoms with Crippen LogP contribution in [0.2, 0.25) is 0 Å². The predicted molar refractivity (Wildman–Crippen MR) is 74.0 cm³/mol. The molecule has 0 aliphatic carbocycles. The highest BCUT2D eigenvalue weighted by atomic mass is 79.9. The second kappa shape index (κ2) is 5.66. The number of rotatable bonds is 3. The molecule has 0 atom stereocenters. The van der Waals surface area contributed by atoms with Crippen LogP contribution in [0, 0.1) is 0 Å². The summed E-state index contributed by atoms with van der Waals surface area (Å²) in [6.07, 6.45) is -2.91. The van der Waals surface area contributed by atoms with E-state index >= 15 is 0 Å². The third-order valence-corrected chi connectivity index (χ3v) is 3.11. The number of aromatic nitrogens is 2. The normalized spacial score (nSPS) is 11.2. The molecule has 106 valence electrons. The van der Waals surface area contributed by atoms with E-state index in [4.69, 9.17) is 0 Å². The lowest BCUT2D eigenvalue weighted by Crippen LogP contribution is -2.07. The smallest absolute Gasteiger partial charge is 0.357 e. The molecule has 0 saturated carbocycles. The van der Waals surface area contributed by atoms with Gasteiger partial charge in [-0.25, -0.2) is 4.98 Å². The largest absolute Gasteiger partial charge is 0.417 e. The van der Waals surface area contributed by atoms with Gasteiger partial charge in [-0.3, -0.25) is 0 Å². The lowest BCUT2D eigenvalue weighted by molar-refractivity contribution is -0.138. The number of halogens is 4. The van der Waals surface area contributed by atoms with Crippen LogP contribution in [0.3, 0.4) is 0 Å². The number of benzene rings is 1. The Morgan fingerprint density at radius 3 is 2.60 bits per heavy atom. The second-order valence-electron chi connectivity index (χ2n) is 3.83. The SMILES string of the molecule is CNc1nccc(Nc2ccc(Br)c(C(F)(F)F)c2)n1. The fraction of sp³-hybridized carbons (Fsp3) is 0.167. The first-order valence-electron chi connectivity index (χ1n) is 5.54. The number of hydrogen-bond donors (Lipinski definition) is 2. The van der Waals surface area contributed by atoms with E-state index in [1.165, 1.54) is 18.3 Å². The molecule has 2 aromatic rings. The standard InChI is InChI=1S/C12H10BrF3N4/c1-17-11-18-5-4-10(20-11)19-7-2-3-9(13)8(6-7)12(14,15)16/h2-6H,1H3,(H2,17,18,19,20). The topological polar surface area (TPSA) is 49.8 Å². The van der Waals surface area contributed by atoms with Gasteiger partial charge in [0.1, 0.15) is 5.82 Å². The van der Waals surface area contributed by atoms with Crippen molar-refractivity contribution < 1.29 is 13.2 Å². The monoisotopic (exact) mass is 346 g/mol. The van der Waals surface area contributed by atoms with E-state index in [1.54, 1.807) is 13.1 Å². The molecule has 1 aromatic carbocycles. The highest BCUT2D eigenvalue weighted by Gasteiger charge is 2.33. The van der Waals surface area contributed by atoms with E-state index in [0.717, 1.165) is 6.07 Å². The van der Waals surface area contributed by atoms with Gasteiger partial charge >= 0.3 is 6.18 Å². The number of nitrogens with one attached hydrogen (secondary N) is 2. The van der Waals surface area contributed by atoms with Gasteiger partial charge < -0.3 is 10.6 Å². The first kappa shape index (κ1) is 14.6. The molecule has 0 aliphatic heterocycles. The summed E-state index contributed by atoms with van der Waals surface area (Å²) in [6.45, 7) is 0. The van der Waals surface area contributed by atoms with Gasteiger partial charge in [-0.15, -0.1) is 0 Å². The van der Waals surface area contributed by atoms with Crippen LogP contribution in [0.5, 0.6) is 0 Å². The van der Waals surface area contributed by atoms with Crippen LogP contribution in [0.15, 0.2) is 34.9 Å². The number of nitrogens with zero attached hydrogens (tertiary/aromatic N) is 2. The number of alkyl halides is 3. The fourth-order valence-corrected chi connectivity index (χ4v) is 1.99. The van der Waals surface area contributed by atoms with Crippen LogP contribution in [0.25, 0.3) is 0 Å². The first-order valence-corrected chi connectivity index (χ1v) is 6.34. The van der Waals surface area contributed by atoms with E-state index in [-0.39, 0.29) is 4.47 Å². The van der Waals surface area contributed by atoms with E-state index in [0.29, 0.717) is 17.5 Å². The number of hydrogen-bond acceptors (Lipinski definition) is 4. The molecule has 0 fully saturated rings. The van der Waals surface area contributed by atoms with Gasteiger partial charge in [-0.2, -0.15) is 18.2 Å². The average molecular weight is 347 g/mol. The molecule has 0 saturated heterocycles. The Labute approximate surface area is 121 Å². The Bertz CT molecular complexity index is 616. The lowest BCUT2D eigenvalue weighted by Gasteiger charge is -2.12. The summed E-state index contributed by atoms with van der Waals surface area (Å²) in [7, 11) is 1.65. The van der Waals surface area contributed by atoms with Crippen molar-refractivity contribution in [2.24, 2.45) is 0 Å². The second-order valence-corrected chi connectivity index (χ2v) is 4.69. The zero-order valence-corrected chi connectivity index (χ0v) is 11.9. The van der Waals surface area contributed by atoms with Crippen LogP contribution in [0.4, 0.5) is 30.6 Å². The molecule has 20 heavy (non-hydrogen) atoms. The molecule has 0 unspecified atom stereocenters. The summed E-state index contributed by atoms with van der Waals surface area (Å²) in [6, 6.07) is 5.45. The van der Waals surface area contributed by atoms with Crippen molar-refractivity contribution in [2.75, 3.05) is 17.7 Å². The van der Waals surface area contributed by atoms with Crippen molar-refractivity contribution in [1.29, 1.82) is 0 Å². The molecule has 2 rings (SSSR count). The molecule has 0 bridgehead atoms. The van der Waals surface area contributed by atoms with Crippen molar-refractivity contribution in [1.82, 2.24) is 9.97 Å². The first-order chi connectivity index (χ1) is 9.40. The van der Waals surface area contributed by atoms with Gasteiger partial charge in [0, 0.05) is 23.4 Å². The van der Waals surface area contributed by atoms with Gasteiger partial charge in [-0.1, -0.05) is 15.9 Å². The summed E-state index contributed by atoms with van der Waals surface area (Å²) < 4.78 is 38.4. The summed E-state index contributed by atoms with van der Waals surface area (Å²) in [4.78, 5) is 8.00. The molecule has 0 aliphatic rings. The molecule has 0 amide bonds. The lowest BCUT2D eigenvalue weighted by atomic mass is 10.2. The van der Waals surface area contributed by atoms with Crippen molar-refractivity contribution in [3.8, 4) is 0 Å². The third kappa shape index (κ3) is 3.38. The summed E-state index contributed by atoms with van der Waals surface area (Å²) in [5, 5.41) is 5.55. The summed E-state index contributed by atoms with van der Waals surface area (Å²) in [5.41, 5.74) is -0.452. The maximum atomic E-state index is 12.8. The maximum absolute atomic E-state index is 12.8. The third-order valence-electron chi connectivity index (χ3n) is 2.42. The van der Waals surface area contributed by atoms with Crippen LogP contribution >= 0.6 is 15.9 Å². The van der Waals surface area contributed by atoms with Crippen LogP contribution in [-0.4, -0.2) is 17.0 Å². The molecular weight excluding hydrogens is 337 g/mol. The van der Waals surface area contributed by atoms with Gasteiger partial charge in [0.05, 0.1) is 5.56 Å². The van der Waals surface area contributed by atoms with Crippen LogP contribution < -0.4 is 10.6 Å². The minimum atomic E-state index is -4.42. The van der Waals surface area contributed by atoms with Gasteiger partial charge in [0.2, 0.25) is 5.95 Å². The average Bonchev–Trinajstić information content (AvgIpc) is 2.40. The molecule has 4 nitrogen and oxygen atoms in total. The molecule has 0 spiro atoms. The van der Waals surface area contributed by atoms with Gasteiger partial charge in [-0.05, 0) is 24.3 Å². The van der Waals surface area contributed by atoms with E-state index < -0.39 is 11.7 Å². The predicted octanol–water partition coefficient (Wildman–Crippen LogP) is 4.04. The zero-order valence-electron chi connectivity index (χ0n) is 10.3. The Morgan fingerprint density at radius 2 is 1.95 bits per heavy atom. The molecule has 1 heterocycles.